The van der Waals surface area contributed by atoms with E-state index >= 15 is 0 Å². The van der Waals surface area contributed by atoms with Crippen LogP contribution in [0.1, 0.15) is 52.3 Å². The van der Waals surface area contributed by atoms with Gasteiger partial charge in [-0.25, -0.2) is 9.59 Å². The molecule has 29 heavy (non-hydrogen) atoms. The van der Waals surface area contributed by atoms with Gasteiger partial charge in [-0.3, -0.25) is 14.5 Å². The van der Waals surface area contributed by atoms with Crippen LogP contribution in [-0.2, 0) is 19.1 Å². The Hall–Kier alpha value is -2.46. The highest BCUT2D eigenvalue weighted by Crippen LogP contribution is 2.34. The van der Waals surface area contributed by atoms with E-state index in [0.717, 1.165) is 24.2 Å². The van der Waals surface area contributed by atoms with Crippen LogP contribution in [0.5, 0.6) is 0 Å². The van der Waals surface area contributed by atoms with Gasteiger partial charge in [-0.2, -0.15) is 0 Å². The number of hydrogen-bond acceptors (Lipinski definition) is 8. The van der Waals surface area contributed by atoms with Crippen LogP contribution in [0.4, 0.5) is 5.00 Å². The molecule has 0 radical (unpaired) electrons. The summed E-state index contributed by atoms with van der Waals surface area (Å²) < 4.78 is 10.1. The first-order valence-electron chi connectivity index (χ1n) is 9.52. The maximum absolute atomic E-state index is 12.4. The number of hydrogen-bond donors (Lipinski definition) is 2. The summed E-state index contributed by atoms with van der Waals surface area (Å²) in [4.78, 5) is 50.6. The third kappa shape index (κ3) is 6.53. The second kappa shape index (κ2) is 10.4. The SMILES string of the molecule is CCOC(=O)c1sc(NC(=O)CN(C)CC(=O)NC2CC2)c(C(=O)OCC)c1C. The number of likely N-dealkylation sites (N-methyl/N-ethyl adjacent to an activating group) is 1. The molecule has 0 atom stereocenters. The van der Waals surface area contributed by atoms with E-state index in [1.54, 1.807) is 32.7 Å². The Morgan fingerprint density at radius 3 is 2.21 bits per heavy atom. The summed E-state index contributed by atoms with van der Waals surface area (Å²) in [5, 5.41) is 5.75. The van der Waals surface area contributed by atoms with E-state index in [0.29, 0.717) is 5.56 Å². The van der Waals surface area contributed by atoms with Gasteiger partial charge in [0.2, 0.25) is 11.8 Å². The summed E-state index contributed by atoms with van der Waals surface area (Å²) >= 11 is 0.969. The molecule has 0 unspecified atom stereocenters. The molecule has 9 nitrogen and oxygen atoms in total. The van der Waals surface area contributed by atoms with Crippen LogP contribution in [0.2, 0.25) is 0 Å². The van der Waals surface area contributed by atoms with E-state index < -0.39 is 17.8 Å². The molecular formula is C19H27N3O6S. The summed E-state index contributed by atoms with van der Waals surface area (Å²) in [5.41, 5.74) is 0.543. The summed E-state index contributed by atoms with van der Waals surface area (Å²) in [6, 6.07) is 0.257. The number of anilines is 1. The van der Waals surface area contributed by atoms with Gasteiger partial charge in [-0.15, -0.1) is 11.3 Å². The van der Waals surface area contributed by atoms with E-state index in [-0.39, 0.29) is 53.7 Å². The maximum Gasteiger partial charge on any atom is 0.348 e. The highest BCUT2D eigenvalue weighted by Gasteiger charge is 2.28. The second-order valence-electron chi connectivity index (χ2n) is 6.76. The Morgan fingerprint density at radius 1 is 1.03 bits per heavy atom. The zero-order chi connectivity index (χ0) is 21.6. The molecule has 0 aliphatic heterocycles. The molecule has 1 fully saturated rings. The first-order valence-corrected chi connectivity index (χ1v) is 10.3. The molecule has 160 valence electrons. The summed E-state index contributed by atoms with van der Waals surface area (Å²) in [5.74, 6) is -1.72. The van der Waals surface area contributed by atoms with E-state index in [4.69, 9.17) is 9.47 Å². The Bertz CT molecular complexity index is 787. The first kappa shape index (κ1) is 22.8. The predicted molar refractivity (Wildman–Crippen MR) is 108 cm³/mol. The first-order chi connectivity index (χ1) is 13.8. The smallest absolute Gasteiger partial charge is 0.348 e. The molecule has 0 aromatic carbocycles. The number of carbonyl (C=O) groups is 4. The standard InChI is InChI=1S/C19H27N3O6S/c1-5-27-18(25)15-11(3)16(19(26)28-6-2)29-17(15)21-14(24)10-22(4)9-13(23)20-12-7-8-12/h12H,5-10H2,1-4H3,(H,20,23)(H,21,24). The summed E-state index contributed by atoms with van der Waals surface area (Å²) in [7, 11) is 1.65. The zero-order valence-corrected chi connectivity index (χ0v) is 17.9. The lowest BCUT2D eigenvalue weighted by Gasteiger charge is -2.16. The second-order valence-corrected chi connectivity index (χ2v) is 7.78. The van der Waals surface area contributed by atoms with Crippen LogP contribution >= 0.6 is 11.3 Å². The van der Waals surface area contributed by atoms with Crippen LogP contribution in [0.25, 0.3) is 0 Å². The average molecular weight is 426 g/mol. The molecule has 0 saturated heterocycles. The quantitative estimate of drug-likeness (QED) is 0.547. The summed E-state index contributed by atoms with van der Waals surface area (Å²) in [6.07, 6.45) is 1.99. The third-order valence-electron chi connectivity index (χ3n) is 4.11. The largest absolute Gasteiger partial charge is 0.462 e. The molecule has 1 aromatic rings. The van der Waals surface area contributed by atoms with Crippen molar-refractivity contribution >= 4 is 40.1 Å². The van der Waals surface area contributed by atoms with Gasteiger partial charge in [0.05, 0.1) is 31.9 Å². The zero-order valence-electron chi connectivity index (χ0n) is 17.1. The molecule has 1 heterocycles. The highest BCUT2D eigenvalue weighted by molar-refractivity contribution is 7.18. The molecule has 1 aromatic heterocycles. The molecule has 1 aliphatic carbocycles. The van der Waals surface area contributed by atoms with Gasteiger partial charge in [-0.1, -0.05) is 0 Å². The van der Waals surface area contributed by atoms with Gasteiger partial charge in [-0.05, 0) is 46.2 Å². The number of nitrogens with zero attached hydrogens (tertiary/aromatic N) is 1. The topological polar surface area (TPSA) is 114 Å². The number of esters is 2. The van der Waals surface area contributed by atoms with Gasteiger partial charge in [0.1, 0.15) is 9.88 Å². The van der Waals surface area contributed by atoms with Crippen molar-refractivity contribution in [2.45, 2.75) is 39.7 Å². The van der Waals surface area contributed by atoms with Crippen LogP contribution < -0.4 is 10.6 Å². The fourth-order valence-electron chi connectivity index (χ4n) is 2.66. The normalized spacial score (nSPS) is 13.1. The van der Waals surface area contributed by atoms with Gasteiger partial charge < -0.3 is 20.1 Å². The lowest BCUT2D eigenvalue weighted by atomic mass is 10.1. The number of amides is 2. The molecule has 1 saturated carbocycles. The Kier molecular flexibility index (Phi) is 8.15. The highest BCUT2D eigenvalue weighted by atomic mass is 32.1. The number of rotatable bonds is 10. The molecule has 0 bridgehead atoms. The summed E-state index contributed by atoms with van der Waals surface area (Å²) in [6.45, 7) is 5.36. The number of ether oxygens (including phenoxy) is 2. The Balaban J connectivity index is 2.09. The molecule has 0 spiro atoms. The monoisotopic (exact) mass is 425 g/mol. The van der Waals surface area contributed by atoms with E-state index in [2.05, 4.69) is 10.6 Å². The van der Waals surface area contributed by atoms with Crippen LogP contribution in [0.15, 0.2) is 0 Å². The maximum atomic E-state index is 12.4. The molecule has 2 N–H and O–H groups in total. The van der Waals surface area contributed by atoms with Crippen LogP contribution in [0, 0.1) is 6.92 Å². The van der Waals surface area contributed by atoms with Crippen molar-refractivity contribution in [1.29, 1.82) is 0 Å². The fourth-order valence-corrected chi connectivity index (χ4v) is 3.76. The average Bonchev–Trinajstić information content (AvgIpc) is 3.36. The van der Waals surface area contributed by atoms with Gasteiger partial charge in [0.15, 0.2) is 0 Å². The Labute approximate surface area is 173 Å². The van der Waals surface area contributed by atoms with Gasteiger partial charge in [0.25, 0.3) is 0 Å². The van der Waals surface area contributed by atoms with Crippen molar-refractivity contribution < 1.29 is 28.7 Å². The Morgan fingerprint density at radius 2 is 1.62 bits per heavy atom. The molecule has 10 heteroatoms. The number of carbonyl (C=O) groups excluding carboxylic acids is 4. The third-order valence-corrected chi connectivity index (χ3v) is 5.30. The molecule has 1 aliphatic rings. The molecule has 2 amide bonds. The van der Waals surface area contributed by atoms with Crippen molar-refractivity contribution in [3.05, 3.63) is 16.0 Å². The molecule has 2 rings (SSSR count). The van der Waals surface area contributed by atoms with Gasteiger partial charge >= 0.3 is 11.9 Å². The molecular weight excluding hydrogens is 398 g/mol. The predicted octanol–water partition coefficient (Wildman–Crippen LogP) is 1.56. The van der Waals surface area contributed by atoms with Gasteiger partial charge in [0, 0.05) is 6.04 Å². The minimum absolute atomic E-state index is 0.0496. The van der Waals surface area contributed by atoms with Crippen LogP contribution in [-0.4, -0.2) is 68.0 Å². The van der Waals surface area contributed by atoms with Crippen molar-refractivity contribution in [2.24, 2.45) is 0 Å². The minimum Gasteiger partial charge on any atom is -0.462 e. The minimum atomic E-state index is -0.621. The van der Waals surface area contributed by atoms with E-state index in [1.807, 2.05) is 0 Å². The lowest BCUT2D eigenvalue weighted by Crippen LogP contribution is -2.39. The fraction of sp³-hybridized carbons (Fsp3) is 0.579. The lowest BCUT2D eigenvalue weighted by molar-refractivity contribution is -0.123. The number of thiophene rings is 1. The van der Waals surface area contributed by atoms with E-state index in [9.17, 15) is 19.2 Å². The van der Waals surface area contributed by atoms with Crippen molar-refractivity contribution in [3.8, 4) is 0 Å². The van der Waals surface area contributed by atoms with Crippen molar-refractivity contribution in [3.63, 3.8) is 0 Å². The van der Waals surface area contributed by atoms with Crippen molar-refractivity contribution in [1.82, 2.24) is 10.2 Å². The van der Waals surface area contributed by atoms with Crippen LogP contribution in [0.3, 0.4) is 0 Å². The van der Waals surface area contributed by atoms with E-state index in [1.165, 1.54) is 0 Å². The number of nitrogens with one attached hydrogen (secondary N) is 2. The van der Waals surface area contributed by atoms with Crippen molar-refractivity contribution in [2.75, 3.05) is 38.7 Å².